The highest BCUT2D eigenvalue weighted by molar-refractivity contribution is 5.96. The number of alkyl halides is 6. The van der Waals surface area contributed by atoms with Gasteiger partial charge in [-0.25, -0.2) is 9.18 Å². The van der Waals surface area contributed by atoms with Crippen LogP contribution in [0.25, 0.3) is 11.1 Å². The normalized spacial score (nSPS) is 18.2. The van der Waals surface area contributed by atoms with Gasteiger partial charge in [0.15, 0.2) is 0 Å². The Kier molecular flexibility index (Phi) is 23.4. The number of carbonyl (C=O) groups is 5. The van der Waals surface area contributed by atoms with Gasteiger partial charge in [0.2, 0.25) is 11.8 Å². The third-order valence-electron chi connectivity index (χ3n) is 20.2. The predicted octanol–water partition coefficient (Wildman–Crippen LogP) is 12.9. The van der Waals surface area contributed by atoms with Crippen molar-refractivity contribution in [1.29, 1.82) is 0 Å². The van der Waals surface area contributed by atoms with Crippen molar-refractivity contribution in [3.8, 4) is 11.1 Å². The topological polar surface area (TPSA) is 150 Å². The molecule has 3 heterocycles. The van der Waals surface area contributed by atoms with Gasteiger partial charge in [-0.05, 0) is 148 Å². The molecule has 16 nitrogen and oxygen atoms in total. The van der Waals surface area contributed by atoms with Crippen molar-refractivity contribution in [3.05, 3.63) is 190 Å². The number of nitrogens with zero attached hydrogens (tertiary/aromatic N) is 8. The van der Waals surface area contributed by atoms with E-state index in [4.69, 9.17) is 9.47 Å². The van der Waals surface area contributed by atoms with Crippen LogP contribution in [0.4, 0.5) is 46.9 Å². The molecule has 0 unspecified atom stereocenters. The van der Waals surface area contributed by atoms with Crippen LogP contribution in [-0.2, 0) is 48.9 Å². The van der Waals surface area contributed by atoms with Gasteiger partial charge in [0.25, 0.3) is 11.8 Å². The summed E-state index contributed by atoms with van der Waals surface area (Å²) in [5, 5.41) is 10.4. The van der Waals surface area contributed by atoms with E-state index in [1.54, 1.807) is 34.9 Å². The van der Waals surface area contributed by atoms with E-state index in [0.717, 1.165) is 71.7 Å². The number of likely N-dealkylation sites (tertiary alicyclic amines) is 2. The summed E-state index contributed by atoms with van der Waals surface area (Å²) >= 11 is 0. The maximum absolute atomic E-state index is 14.3. The molecule has 23 heteroatoms. The monoisotopic (exact) mass is 1360 g/mol. The van der Waals surface area contributed by atoms with Crippen molar-refractivity contribution in [3.63, 3.8) is 0 Å². The summed E-state index contributed by atoms with van der Waals surface area (Å²) in [5.74, 6) is -1.85. The molecular weight excluding hydrogens is 1270 g/mol. The molecule has 1 N–H and O–H groups in total. The number of piperidine rings is 2. The Bertz CT molecular complexity index is 3700. The number of fused-ring (bicyclic) bond motifs is 2. The third kappa shape index (κ3) is 17.4. The maximum atomic E-state index is 14.3. The van der Waals surface area contributed by atoms with Gasteiger partial charge in [-0.3, -0.25) is 24.1 Å². The largest absolute Gasteiger partial charge is 0.465 e. The highest BCUT2D eigenvalue weighted by Gasteiger charge is 2.50. The Hall–Kier alpha value is -8.38. The maximum Gasteiger partial charge on any atom is 0.416 e. The zero-order chi connectivity index (χ0) is 69.9. The lowest BCUT2D eigenvalue weighted by molar-refractivity contribution is -0.143. The molecule has 1 spiro atoms. The van der Waals surface area contributed by atoms with E-state index in [1.807, 2.05) is 99.0 Å². The molecule has 6 aromatic rings. The van der Waals surface area contributed by atoms with Gasteiger partial charge in [0.1, 0.15) is 24.8 Å². The second-order valence-corrected chi connectivity index (χ2v) is 26.6. The van der Waals surface area contributed by atoms with Gasteiger partial charge in [-0.15, -0.1) is 0 Å². The second kappa shape index (κ2) is 31.6. The van der Waals surface area contributed by atoms with Crippen LogP contribution in [0.3, 0.4) is 0 Å². The fraction of sp³-hybridized carbons (Fsp3) is 0.453. The van der Waals surface area contributed by atoms with E-state index >= 15 is 0 Å². The van der Waals surface area contributed by atoms with Crippen LogP contribution < -0.4 is 9.80 Å². The summed E-state index contributed by atoms with van der Waals surface area (Å²) in [7, 11) is 7.30. The lowest BCUT2D eigenvalue weighted by Crippen LogP contribution is -2.50. The molecule has 0 saturated carbocycles. The van der Waals surface area contributed by atoms with Crippen LogP contribution in [0, 0.1) is 5.82 Å². The van der Waals surface area contributed by atoms with Crippen molar-refractivity contribution in [2.24, 2.45) is 0 Å². The first kappa shape index (κ1) is 72.4. The van der Waals surface area contributed by atoms with Crippen LogP contribution in [-0.4, -0.2) is 190 Å². The highest BCUT2D eigenvalue weighted by Crippen LogP contribution is 2.49. The molecule has 3 saturated heterocycles. The molecule has 6 aromatic carbocycles. The minimum Gasteiger partial charge on any atom is -0.465 e. The summed E-state index contributed by atoms with van der Waals surface area (Å²) in [5.41, 5.74) is 1.08. The molecule has 3 aliphatic heterocycles. The standard InChI is InChI=1S/C75H87F7N8O8/c1-83(35-14-6-9-25-67(91)85(3)43-44-87-38-30-61(31-39-87)90(71(95)96)65-24-13-11-22-63(65)53-17-7-5-8-18-53)62-21-15-20-55(47-62)69(93)86(4)37-16-36-84(2)68(92)50-97-66-48-54-19-10-12-23-64(54)72(66)32-40-88(41-33-72)42-34-73(57-26-28-60(76)29-27-57)51-89(52-98-73)70(94)56-45-58(74(77,78)79)49-59(46-56)75(80,81)82/h5,7-8,10-13,15,17-24,26-29,45-47,49,61,66H,6,9,14,16,25,30-44,48,50-52H2,1-4H3,(H,95,96)/t66-,73-/m0/s1. The zero-order valence-corrected chi connectivity index (χ0v) is 56.0. The number of amides is 5. The van der Waals surface area contributed by atoms with Gasteiger partial charge in [-0.2, -0.15) is 26.3 Å². The molecule has 4 aliphatic rings. The van der Waals surface area contributed by atoms with E-state index < -0.39 is 64.6 Å². The van der Waals surface area contributed by atoms with Crippen LogP contribution in [0.15, 0.2) is 146 Å². The number of para-hydroxylation sites is 1. The molecule has 0 aromatic heterocycles. The number of likely N-dealkylation sites (N-methyl/N-ethyl adjacent to an activating group) is 2. The average Bonchev–Trinajstić information content (AvgIpc) is 1.62. The zero-order valence-electron chi connectivity index (χ0n) is 56.0. The molecule has 524 valence electrons. The number of hydrogen-bond acceptors (Lipinski definition) is 10. The Morgan fingerprint density at radius 2 is 1.28 bits per heavy atom. The smallest absolute Gasteiger partial charge is 0.416 e. The van der Waals surface area contributed by atoms with E-state index in [2.05, 4.69) is 26.8 Å². The summed E-state index contributed by atoms with van der Waals surface area (Å²) < 4.78 is 110. The van der Waals surface area contributed by atoms with E-state index in [1.165, 1.54) is 29.2 Å². The quantitative estimate of drug-likeness (QED) is 0.0408. The van der Waals surface area contributed by atoms with Crippen molar-refractivity contribution in [2.45, 2.75) is 106 Å². The van der Waals surface area contributed by atoms with Gasteiger partial charge >= 0.3 is 18.4 Å². The first-order valence-electron chi connectivity index (χ1n) is 33.7. The van der Waals surface area contributed by atoms with Crippen molar-refractivity contribution < 1.29 is 69.3 Å². The molecule has 3 fully saturated rings. The Morgan fingerprint density at radius 1 is 0.633 bits per heavy atom. The number of carboxylic acid groups (broad SMARTS) is 1. The summed E-state index contributed by atoms with van der Waals surface area (Å²) in [6.45, 7) is 5.14. The number of rotatable bonds is 26. The van der Waals surface area contributed by atoms with Gasteiger partial charge < -0.3 is 48.9 Å². The van der Waals surface area contributed by atoms with Gasteiger partial charge in [-0.1, -0.05) is 97.4 Å². The van der Waals surface area contributed by atoms with Crippen LogP contribution in [0.2, 0.25) is 0 Å². The number of carbonyl (C=O) groups excluding carboxylic acids is 4. The van der Waals surface area contributed by atoms with Crippen molar-refractivity contribution in [2.75, 3.05) is 123 Å². The number of anilines is 2. The summed E-state index contributed by atoms with van der Waals surface area (Å²) in [6.07, 6.45) is -4.54. The minimum atomic E-state index is -5.15. The van der Waals surface area contributed by atoms with Crippen LogP contribution >= 0.6 is 0 Å². The number of benzene rings is 6. The molecule has 10 rings (SSSR count). The number of halogens is 7. The Balaban J connectivity index is 0.633. The molecule has 0 radical (unpaired) electrons. The van der Waals surface area contributed by atoms with E-state index in [0.29, 0.717) is 120 Å². The van der Waals surface area contributed by atoms with Crippen LogP contribution in [0.1, 0.15) is 113 Å². The van der Waals surface area contributed by atoms with Gasteiger partial charge in [0.05, 0.1) is 29.5 Å². The minimum absolute atomic E-state index is 0.0289. The number of ether oxygens (including phenoxy) is 2. The molecule has 5 amide bonds. The van der Waals surface area contributed by atoms with E-state index in [9.17, 15) is 59.8 Å². The number of hydrogen-bond donors (Lipinski definition) is 1. The van der Waals surface area contributed by atoms with Crippen LogP contribution in [0.5, 0.6) is 0 Å². The molecule has 2 atom stereocenters. The summed E-state index contributed by atoms with van der Waals surface area (Å²) in [6, 6.07) is 39.2. The molecule has 98 heavy (non-hydrogen) atoms. The summed E-state index contributed by atoms with van der Waals surface area (Å²) in [4.78, 5) is 81.4. The second-order valence-electron chi connectivity index (χ2n) is 26.6. The first-order chi connectivity index (χ1) is 46.8. The molecular formula is C75H87F7N8O8. The number of unbranched alkanes of at least 4 members (excludes halogenated alkanes) is 2. The fourth-order valence-electron chi connectivity index (χ4n) is 14.4. The third-order valence-corrected chi connectivity index (χ3v) is 20.2. The Labute approximate surface area is 568 Å². The SMILES string of the molecule is CN(CCN1CCC(N(C(=O)O)c2ccccc2-c2ccccc2)CC1)C(=O)CCCCCN(C)c1cccc(C(=O)N(C)CCCN(C)C(=O)CO[C@H]2Cc3ccccc3C23CCN(CC[C@@]2(c4ccc(F)cc4)CN(C(=O)c4cc(C(F)(F)F)cc(C(F)(F)F)c4)CO2)CC3)c1. The molecule has 0 bridgehead atoms. The molecule has 1 aliphatic carbocycles. The van der Waals surface area contributed by atoms with Gasteiger partial charge in [0, 0.05) is 121 Å². The predicted molar refractivity (Wildman–Crippen MR) is 360 cm³/mol. The Morgan fingerprint density at radius 3 is 1.97 bits per heavy atom. The average molecular weight is 1360 g/mol. The van der Waals surface area contributed by atoms with E-state index in [-0.39, 0.29) is 55.5 Å². The highest BCUT2D eigenvalue weighted by atomic mass is 19.4. The first-order valence-corrected chi connectivity index (χ1v) is 33.7. The lowest BCUT2D eigenvalue weighted by Gasteiger charge is -2.44. The van der Waals surface area contributed by atoms with Crippen molar-refractivity contribution in [1.82, 2.24) is 29.4 Å². The van der Waals surface area contributed by atoms with Crippen molar-refractivity contribution >= 4 is 41.1 Å². The fourth-order valence-corrected chi connectivity index (χ4v) is 14.4. The lowest BCUT2D eigenvalue weighted by atomic mass is 9.72.